The van der Waals surface area contributed by atoms with Crippen molar-refractivity contribution in [1.29, 1.82) is 0 Å². The largest absolute Gasteiger partial charge is 0.362 e. The Hall–Kier alpha value is -2.21. The first-order valence-corrected chi connectivity index (χ1v) is 10.3. The summed E-state index contributed by atoms with van der Waals surface area (Å²) in [7, 11) is 0. The van der Waals surface area contributed by atoms with Gasteiger partial charge in [0, 0.05) is 6.42 Å². The number of hydrogen-bond donors (Lipinski definition) is 1. The monoisotopic (exact) mass is 387 g/mol. The number of halogens is 1. The van der Waals surface area contributed by atoms with Crippen LogP contribution in [-0.4, -0.2) is 22.0 Å². The Balaban J connectivity index is 1.95. The van der Waals surface area contributed by atoms with Gasteiger partial charge in [-0.3, -0.25) is 4.79 Å². The molecule has 4 nitrogen and oxygen atoms in total. The van der Waals surface area contributed by atoms with Gasteiger partial charge in [-0.05, 0) is 55.0 Å². The number of thioether (sulfide) groups is 1. The SMILES string of the molecule is CS/C=C/[C@@H](C)CCC(=O)c1cnc(N[C@@H](C)c2cccc(F)c2C)cn1. The van der Waals surface area contributed by atoms with Crippen LogP contribution in [0.2, 0.25) is 0 Å². The van der Waals surface area contributed by atoms with Crippen LogP contribution in [0.5, 0.6) is 0 Å². The van der Waals surface area contributed by atoms with E-state index < -0.39 is 0 Å². The molecule has 0 saturated heterocycles. The molecule has 0 spiro atoms. The highest BCUT2D eigenvalue weighted by Crippen LogP contribution is 2.22. The Morgan fingerprint density at radius 2 is 2.07 bits per heavy atom. The predicted octanol–water partition coefficient (Wildman–Crippen LogP) is 5.57. The van der Waals surface area contributed by atoms with Crippen LogP contribution >= 0.6 is 11.8 Å². The third kappa shape index (κ3) is 6.17. The van der Waals surface area contributed by atoms with Crippen LogP contribution in [0.1, 0.15) is 54.3 Å². The maximum Gasteiger partial charge on any atom is 0.182 e. The quantitative estimate of drug-likeness (QED) is 0.570. The highest BCUT2D eigenvalue weighted by atomic mass is 32.2. The molecule has 1 heterocycles. The Bertz CT molecular complexity index is 793. The van der Waals surface area contributed by atoms with Crippen molar-refractivity contribution in [3.8, 4) is 0 Å². The van der Waals surface area contributed by atoms with Crippen LogP contribution in [0, 0.1) is 18.7 Å². The number of aromatic nitrogens is 2. The van der Waals surface area contributed by atoms with Crippen molar-refractivity contribution in [2.45, 2.75) is 39.7 Å². The Kier molecular flexibility index (Phi) is 7.98. The fraction of sp³-hybridized carbons (Fsp3) is 0.381. The van der Waals surface area contributed by atoms with Crippen LogP contribution in [0.3, 0.4) is 0 Å². The van der Waals surface area contributed by atoms with Gasteiger partial charge < -0.3 is 5.32 Å². The maximum absolute atomic E-state index is 13.7. The Morgan fingerprint density at radius 3 is 2.74 bits per heavy atom. The van der Waals surface area contributed by atoms with E-state index in [-0.39, 0.29) is 17.6 Å². The van der Waals surface area contributed by atoms with E-state index in [0.29, 0.717) is 29.4 Å². The lowest BCUT2D eigenvalue weighted by atomic mass is 10.0. The highest BCUT2D eigenvalue weighted by Gasteiger charge is 2.13. The number of hydrogen-bond acceptors (Lipinski definition) is 5. The second-order valence-corrected chi connectivity index (χ2v) is 7.35. The maximum atomic E-state index is 13.7. The second-order valence-electron chi connectivity index (χ2n) is 6.61. The normalized spacial score (nSPS) is 13.5. The van der Waals surface area contributed by atoms with Crippen LogP contribution in [0.15, 0.2) is 42.1 Å². The number of ketones is 1. The average molecular weight is 388 g/mol. The molecule has 0 aliphatic rings. The van der Waals surface area contributed by atoms with Crippen molar-refractivity contribution < 1.29 is 9.18 Å². The van der Waals surface area contributed by atoms with E-state index in [1.807, 2.05) is 24.7 Å². The molecule has 1 N–H and O–H groups in total. The van der Waals surface area contributed by atoms with Crippen LogP contribution < -0.4 is 5.32 Å². The van der Waals surface area contributed by atoms with Crippen molar-refractivity contribution in [2.24, 2.45) is 5.92 Å². The Labute approximate surface area is 164 Å². The van der Waals surface area contributed by atoms with E-state index in [4.69, 9.17) is 0 Å². The van der Waals surface area contributed by atoms with Crippen molar-refractivity contribution >= 4 is 23.4 Å². The first-order chi connectivity index (χ1) is 12.9. The van der Waals surface area contributed by atoms with Crippen molar-refractivity contribution in [3.63, 3.8) is 0 Å². The van der Waals surface area contributed by atoms with Crippen molar-refractivity contribution in [1.82, 2.24) is 9.97 Å². The summed E-state index contributed by atoms with van der Waals surface area (Å²) in [5, 5.41) is 5.24. The molecule has 0 bridgehead atoms. The predicted molar refractivity (Wildman–Crippen MR) is 111 cm³/mol. The van der Waals surface area contributed by atoms with Crippen LogP contribution in [0.4, 0.5) is 10.2 Å². The van der Waals surface area contributed by atoms with E-state index in [0.717, 1.165) is 12.0 Å². The molecule has 2 rings (SSSR count). The van der Waals surface area contributed by atoms with E-state index in [9.17, 15) is 9.18 Å². The zero-order valence-electron chi connectivity index (χ0n) is 16.2. The van der Waals surface area contributed by atoms with Gasteiger partial charge in [0.25, 0.3) is 0 Å². The molecule has 0 radical (unpaired) electrons. The number of allylic oxidation sites excluding steroid dienone is 1. The van der Waals surface area contributed by atoms with Crippen LogP contribution in [-0.2, 0) is 0 Å². The van der Waals surface area contributed by atoms with Gasteiger partial charge in [0.1, 0.15) is 17.3 Å². The summed E-state index contributed by atoms with van der Waals surface area (Å²) in [5.41, 5.74) is 1.85. The molecule has 144 valence electrons. The van der Waals surface area contributed by atoms with E-state index in [1.54, 1.807) is 30.9 Å². The first kappa shape index (κ1) is 21.1. The molecule has 0 fully saturated rings. The fourth-order valence-corrected chi connectivity index (χ4v) is 3.16. The molecule has 1 aromatic carbocycles. The Morgan fingerprint density at radius 1 is 1.30 bits per heavy atom. The summed E-state index contributed by atoms with van der Waals surface area (Å²) in [6.07, 6.45) is 8.39. The summed E-state index contributed by atoms with van der Waals surface area (Å²) < 4.78 is 13.7. The zero-order valence-corrected chi connectivity index (χ0v) is 17.0. The van der Waals surface area contributed by atoms with Crippen molar-refractivity contribution in [3.05, 3.63) is 64.7 Å². The number of anilines is 1. The van der Waals surface area contributed by atoms with E-state index >= 15 is 0 Å². The number of rotatable bonds is 9. The average Bonchev–Trinajstić information content (AvgIpc) is 2.67. The molecular formula is C21H26FN3OS. The number of nitrogens with zero attached hydrogens (tertiary/aromatic N) is 2. The van der Waals surface area contributed by atoms with Gasteiger partial charge in [-0.1, -0.05) is 25.1 Å². The lowest BCUT2D eigenvalue weighted by Gasteiger charge is -2.17. The molecule has 27 heavy (non-hydrogen) atoms. The molecule has 0 aliphatic heterocycles. The van der Waals surface area contributed by atoms with Crippen LogP contribution in [0.25, 0.3) is 0 Å². The van der Waals surface area contributed by atoms with Crippen molar-refractivity contribution in [2.75, 3.05) is 11.6 Å². The number of benzene rings is 1. The van der Waals surface area contributed by atoms with Gasteiger partial charge in [-0.25, -0.2) is 14.4 Å². The molecule has 0 aliphatic carbocycles. The van der Waals surface area contributed by atoms with Gasteiger partial charge in [0.2, 0.25) is 0 Å². The van der Waals surface area contributed by atoms with E-state index in [1.165, 1.54) is 12.3 Å². The number of nitrogens with one attached hydrogen (secondary N) is 1. The van der Waals surface area contributed by atoms with Gasteiger partial charge >= 0.3 is 0 Å². The minimum atomic E-state index is -0.227. The molecule has 0 saturated carbocycles. The minimum Gasteiger partial charge on any atom is -0.362 e. The second kappa shape index (κ2) is 10.2. The third-order valence-electron chi connectivity index (χ3n) is 4.45. The molecule has 2 atom stereocenters. The molecular weight excluding hydrogens is 361 g/mol. The first-order valence-electron chi connectivity index (χ1n) is 8.98. The molecule has 2 aromatic rings. The summed E-state index contributed by atoms with van der Waals surface area (Å²) >= 11 is 1.65. The summed E-state index contributed by atoms with van der Waals surface area (Å²) in [6, 6.07) is 4.90. The molecule has 1 aromatic heterocycles. The fourth-order valence-electron chi connectivity index (χ4n) is 2.74. The number of Topliss-reactive ketones (excluding diaryl/α,β-unsaturated/α-hetero) is 1. The third-order valence-corrected chi connectivity index (χ3v) is 4.88. The topological polar surface area (TPSA) is 54.9 Å². The molecule has 0 amide bonds. The number of carbonyl (C=O) groups excluding carboxylic acids is 1. The van der Waals surface area contributed by atoms with E-state index in [2.05, 4.69) is 28.3 Å². The molecule has 6 heteroatoms. The zero-order chi connectivity index (χ0) is 19.8. The lowest BCUT2D eigenvalue weighted by molar-refractivity contribution is 0.0971. The summed E-state index contributed by atoms with van der Waals surface area (Å²) in [6.45, 7) is 5.78. The van der Waals surface area contributed by atoms with Gasteiger partial charge in [-0.2, -0.15) is 0 Å². The van der Waals surface area contributed by atoms with Gasteiger partial charge in [0.15, 0.2) is 5.78 Å². The number of carbonyl (C=O) groups is 1. The van der Waals surface area contributed by atoms with Gasteiger partial charge in [-0.15, -0.1) is 11.8 Å². The minimum absolute atomic E-state index is 0.00697. The van der Waals surface area contributed by atoms with Gasteiger partial charge in [0.05, 0.1) is 18.4 Å². The lowest BCUT2D eigenvalue weighted by Crippen LogP contribution is -2.11. The smallest absolute Gasteiger partial charge is 0.182 e. The standard InChI is InChI=1S/C21H26FN3OS/c1-14(10-11-27-4)8-9-20(26)19-12-24-21(13-23-19)25-16(3)17-6-5-7-18(22)15(17)2/h5-7,10-14,16H,8-9H2,1-4H3,(H,24,25)/b11-10+/t14-,16-/m0/s1. The summed E-state index contributed by atoms with van der Waals surface area (Å²) in [5.74, 6) is 0.673. The summed E-state index contributed by atoms with van der Waals surface area (Å²) in [4.78, 5) is 20.8. The highest BCUT2D eigenvalue weighted by molar-refractivity contribution is 8.01. The molecule has 0 unspecified atom stereocenters.